The van der Waals surface area contributed by atoms with Crippen molar-refractivity contribution in [2.75, 3.05) is 6.61 Å². The van der Waals surface area contributed by atoms with Crippen molar-refractivity contribution in [2.24, 2.45) is 0 Å². The highest BCUT2D eigenvalue weighted by Crippen LogP contribution is 2.11. The number of alkyl carbamates (subject to hydrolysis) is 1. The Hall–Kier alpha value is -2.02. The number of aliphatic hydroxyl groups excluding tert-OH is 1. The summed E-state index contributed by atoms with van der Waals surface area (Å²) in [6.07, 6.45) is -0.482. The number of carbonyl (C=O) groups is 2. The van der Waals surface area contributed by atoms with Gasteiger partial charge >= 0.3 is 12.1 Å². The van der Waals surface area contributed by atoms with Crippen molar-refractivity contribution in [3.05, 3.63) is 23.7 Å². The second-order valence-corrected chi connectivity index (χ2v) is 5.30. The van der Waals surface area contributed by atoms with E-state index in [1.54, 1.807) is 20.8 Å². The third kappa shape index (κ3) is 5.31. The van der Waals surface area contributed by atoms with E-state index in [4.69, 9.17) is 14.3 Å². The van der Waals surface area contributed by atoms with Crippen molar-refractivity contribution in [2.45, 2.75) is 38.8 Å². The number of ether oxygens (including phenoxy) is 1. The molecular formula is C13H19NO6. The van der Waals surface area contributed by atoms with Crippen LogP contribution < -0.4 is 5.32 Å². The summed E-state index contributed by atoms with van der Waals surface area (Å²) in [5.41, 5.74) is -0.634. The molecule has 0 saturated heterocycles. The number of carboxylic acid groups (broad SMARTS) is 1. The molecule has 112 valence electrons. The summed E-state index contributed by atoms with van der Waals surface area (Å²) in [6, 6.07) is 2.19. The number of carbonyl (C=O) groups excluding carboxylic acids is 1. The largest absolute Gasteiger partial charge is 0.475 e. The monoisotopic (exact) mass is 285 g/mol. The Balaban J connectivity index is 2.58. The zero-order chi connectivity index (χ0) is 15.3. The van der Waals surface area contributed by atoms with Crippen LogP contribution in [0.5, 0.6) is 0 Å². The van der Waals surface area contributed by atoms with Gasteiger partial charge in [-0.2, -0.15) is 0 Å². The van der Waals surface area contributed by atoms with Gasteiger partial charge in [-0.3, -0.25) is 0 Å². The van der Waals surface area contributed by atoms with Crippen LogP contribution in [0.4, 0.5) is 4.79 Å². The van der Waals surface area contributed by atoms with E-state index in [9.17, 15) is 14.7 Å². The highest BCUT2D eigenvalue weighted by atomic mass is 16.6. The number of rotatable bonds is 5. The fourth-order valence-corrected chi connectivity index (χ4v) is 1.48. The van der Waals surface area contributed by atoms with Gasteiger partial charge in [0.15, 0.2) is 0 Å². The van der Waals surface area contributed by atoms with Crippen molar-refractivity contribution in [3.8, 4) is 0 Å². The van der Waals surface area contributed by atoms with Crippen LogP contribution in [0, 0.1) is 0 Å². The van der Waals surface area contributed by atoms with E-state index < -0.39 is 23.7 Å². The van der Waals surface area contributed by atoms with Crippen LogP contribution in [-0.4, -0.2) is 40.5 Å². The molecule has 1 heterocycles. The molecule has 7 nitrogen and oxygen atoms in total. The van der Waals surface area contributed by atoms with Gasteiger partial charge in [-0.25, -0.2) is 9.59 Å². The number of hydrogen-bond acceptors (Lipinski definition) is 5. The molecule has 0 radical (unpaired) electrons. The van der Waals surface area contributed by atoms with E-state index in [-0.39, 0.29) is 18.8 Å². The summed E-state index contributed by atoms with van der Waals surface area (Å²) in [5, 5.41) is 20.4. The van der Waals surface area contributed by atoms with E-state index in [1.165, 1.54) is 12.1 Å². The van der Waals surface area contributed by atoms with Gasteiger partial charge in [-0.05, 0) is 32.9 Å². The summed E-state index contributed by atoms with van der Waals surface area (Å²) in [4.78, 5) is 22.2. The van der Waals surface area contributed by atoms with Crippen molar-refractivity contribution in [1.29, 1.82) is 0 Å². The number of aliphatic hydroxyl groups is 1. The maximum atomic E-state index is 11.6. The Kier molecular flexibility index (Phi) is 5.15. The Morgan fingerprint density at radius 2 is 2.05 bits per heavy atom. The lowest BCUT2D eigenvalue weighted by Gasteiger charge is -2.22. The van der Waals surface area contributed by atoms with Gasteiger partial charge < -0.3 is 24.7 Å². The molecular weight excluding hydrogens is 266 g/mol. The first-order chi connectivity index (χ1) is 9.21. The van der Waals surface area contributed by atoms with Gasteiger partial charge in [0.1, 0.15) is 11.4 Å². The minimum Gasteiger partial charge on any atom is -0.475 e. The Bertz CT molecular complexity index is 473. The molecule has 0 bridgehead atoms. The first-order valence-corrected chi connectivity index (χ1v) is 6.13. The molecule has 0 saturated carbocycles. The molecule has 1 atom stereocenters. The molecule has 20 heavy (non-hydrogen) atoms. The molecule has 3 N–H and O–H groups in total. The number of furan rings is 1. The van der Waals surface area contributed by atoms with E-state index in [0.29, 0.717) is 5.76 Å². The topological polar surface area (TPSA) is 109 Å². The van der Waals surface area contributed by atoms with Gasteiger partial charge in [-0.1, -0.05) is 0 Å². The van der Waals surface area contributed by atoms with Crippen LogP contribution in [0.15, 0.2) is 16.5 Å². The average Bonchev–Trinajstić information content (AvgIpc) is 2.74. The lowest BCUT2D eigenvalue weighted by atomic mass is 10.2. The summed E-state index contributed by atoms with van der Waals surface area (Å²) in [5.74, 6) is -0.997. The first kappa shape index (κ1) is 16.0. The number of amides is 1. The van der Waals surface area contributed by atoms with Crippen molar-refractivity contribution < 1.29 is 29.0 Å². The molecule has 1 aromatic rings. The lowest BCUT2D eigenvalue weighted by Crippen LogP contribution is -2.42. The molecule has 1 amide bonds. The van der Waals surface area contributed by atoms with Gasteiger partial charge in [-0.15, -0.1) is 0 Å². The molecule has 0 aliphatic rings. The van der Waals surface area contributed by atoms with E-state index in [0.717, 1.165) is 0 Å². The number of hydrogen-bond donors (Lipinski definition) is 3. The molecule has 0 fully saturated rings. The minimum absolute atomic E-state index is 0.170. The van der Waals surface area contributed by atoms with E-state index in [2.05, 4.69) is 5.32 Å². The quantitative estimate of drug-likeness (QED) is 0.754. The van der Waals surface area contributed by atoms with Crippen LogP contribution in [0.2, 0.25) is 0 Å². The maximum absolute atomic E-state index is 11.6. The predicted octanol–water partition coefficient (Wildman–Crippen LogP) is 1.41. The Labute approximate surface area is 116 Å². The molecule has 0 aromatic carbocycles. The van der Waals surface area contributed by atoms with E-state index in [1.807, 2.05) is 0 Å². The highest BCUT2D eigenvalue weighted by Gasteiger charge is 2.20. The van der Waals surface area contributed by atoms with Crippen LogP contribution in [0.25, 0.3) is 0 Å². The predicted molar refractivity (Wildman–Crippen MR) is 69.6 cm³/mol. The number of nitrogens with one attached hydrogen (secondary N) is 1. The maximum Gasteiger partial charge on any atom is 0.407 e. The SMILES string of the molecule is CC(C)(C)OC(=O)NC(CO)Cc1ccc(C(=O)O)o1. The summed E-state index contributed by atoms with van der Waals surface area (Å²) < 4.78 is 10.1. The Morgan fingerprint density at radius 1 is 1.40 bits per heavy atom. The normalized spacial score (nSPS) is 12.8. The second kappa shape index (κ2) is 6.42. The van der Waals surface area contributed by atoms with E-state index >= 15 is 0 Å². The smallest absolute Gasteiger partial charge is 0.407 e. The molecule has 1 aromatic heterocycles. The summed E-state index contributed by atoms with van der Waals surface area (Å²) in [6.45, 7) is 4.87. The second-order valence-electron chi connectivity index (χ2n) is 5.30. The van der Waals surface area contributed by atoms with Gasteiger partial charge in [0.05, 0.1) is 12.6 Å². The van der Waals surface area contributed by atoms with Crippen LogP contribution in [0.3, 0.4) is 0 Å². The first-order valence-electron chi connectivity index (χ1n) is 6.13. The van der Waals surface area contributed by atoms with Gasteiger partial charge in [0.25, 0.3) is 0 Å². The third-order valence-corrected chi connectivity index (χ3v) is 2.26. The fraction of sp³-hybridized carbons (Fsp3) is 0.538. The van der Waals surface area contributed by atoms with Crippen molar-refractivity contribution in [3.63, 3.8) is 0 Å². The Morgan fingerprint density at radius 3 is 2.50 bits per heavy atom. The van der Waals surface area contributed by atoms with Gasteiger partial charge in [0.2, 0.25) is 5.76 Å². The zero-order valence-electron chi connectivity index (χ0n) is 11.7. The van der Waals surface area contributed by atoms with Gasteiger partial charge in [0, 0.05) is 6.42 Å². The van der Waals surface area contributed by atoms with Crippen molar-refractivity contribution >= 4 is 12.1 Å². The van der Waals surface area contributed by atoms with Crippen LogP contribution in [-0.2, 0) is 11.2 Å². The summed E-state index contributed by atoms with van der Waals surface area (Å²) in [7, 11) is 0. The molecule has 0 spiro atoms. The van der Waals surface area contributed by atoms with Crippen LogP contribution in [0.1, 0.15) is 37.1 Å². The number of aromatic carboxylic acids is 1. The lowest BCUT2D eigenvalue weighted by molar-refractivity contribution is 0.0479. The van der Waals surface area contributed by atoms with Crippen molar-refractivity contribution in [1.82, 2.24) is 5.32 Å². The minimum atomic E-state index is -1.17. The van der Waals surface area contributed by atoms with Crippen LogP contribution >= 0.6 is 0 Å². The molecule has 0 aliphatic carbocycles. The third-order valence-electron chi connectivity index (χ3n) is 2.26. The molecule has 1 unspecified atom stereocenters. The molecule has 0 aliphatic heterocycles. The average molecular weight is 285 g/mol. The zero-order valence-corrected chi connectivity index (χ0v) is 11.7. The highest BCUT2D eigenvalue weighted by molar-refractivity contribution is 5.84. The summed E-state index contributed by atoms with van der Waals surface area (Å²) >= 11 is 0. The molecule has 1 rings (SSSR count). The standard InChI is InChI=1S/C13H19NO6/c1-13(2,3)20-12(18)14-8(7-15)6-9-4-5-10(19-9)11(16)17/h4-5,8,15H,6-7H2,1-3H3,(H,14,18)(H,16,17). The fourth-order valence-electron chi connectivity index (χ4n) is 1.48. The number of carboxylic acids is 1. The molecule has 7 heteroatoms.